The van der Waals surface area contributed by atoms with E-state index in [-0.39, 0.29) is 17.6 Å². The number of aromatic nitrogens is 1. The Morgan fingerprint density at radius 3 is 2.67 bits per heavy atom. The van der Waals surface area contributed by atoms with Gasteiger partial charge < -0.3 is 14.8 Å². The zero-order chi connectivity index (χ0) is 23.4. The third-order valence-corrected chi connectivity index (χ3v) is 6.26. The summed E-state index contributed by atoms with van der Waals surface area (Å²) in [7, 11) is 1.57. The van der Waals surface area contributed by atoms with E-state index in [0.29, 0.717) is 22.2 Å². The molecule has 1 amide bonds. The number of thiazole rings is 1. The summed E-state index contributed by atoms with van der Waals surface area (Å²) in [6.45, 7) is 1.67. The Morgan fingerprint density at radius 2 is 1.91 bits per heavy atom. The van der Waals surface area contributed by atoms with Gasteiger partial charge in [0, 0.05) is 10.6 Å². The lowest BCUT2D eigenvalue weighted by Crippen LogP contribution is -2.37. The van der Waals surface area contributed by atoms with Crippen molar-refractivity contribution in [2.45, 2.75) is 6.92 Å². The Bertz CT molecular complexity index is 1310. The summed E-state index contributed by atoms with van der Waals surface area (Å²) in [5.41, 5.74) is 3.32. The molecule has 4 rings (SSSR count). The zero-order valence-electron chi connectivity index (χ0n) is 17.8. The lowest BCUT2D eigenvalue weighted by atomic mass is 10.2. The van der Waals surface area contributed by atoms with E-state index in [0.717, 1.165) is 26.4 Å². The second-order valence-electron chi connectivity index (χ2n) is 7.10. The van der Waals surface area contributed by atoms with Crippen molar-refractivity contribution in [1.29, 1.82) is 0 Å². The molecular weight excluding hydrogens is 478 g/mol. The van der Waals surface area contributed by atoms with E-state index < -0.39 is 0 Å². The fourth-order valence-corrected chi connectivity index (χ4v) is 4.58. The monoisotopic (exact) mass is 497 g/mol. The average molecular weight is 498 g/mol. The van der Waals surface area contributed by atoms with Crippen molar-refractivity contribution in [1.82, 2.24) is 10.3 Å². The first kappa shape index (κ1) is 23.0. The number of halogens is 1. The predicted octanol–water partition coefficient (Wildman–Crippen LogP) is 5.83. The van der Waals surface area contributed by atoms with Crippen LogP contribution in [0.25, 0.3) is 20.8 Å². The van der Waals surface area contributed by atoms with E-state index in [2.05, 4.69) is 10.6 Å². The second kappa shape index (κ2) is 10.2. The van der Waals surface area contributed by atoms with E-state index >= 15 is 0 Å². The number of methoxy groups -OCH3 is 1. The molecule has 0 atom stereocenters. The number of carbonyl (C=O) groups is 1. The Balaban J connectivity index is 1.43. The first-order chi connectivity index (χ1) is 15.9. The number of amides is 1. The van der Waals surface area contributed by atoms with Gasteiger partial charge in [-0.25, -0.2) is 4.98 Å². The Hall–Kier alpha value is -3.20. The largest absolute Gasteiger partial charge is 0.495 e. The number of thiocarbonyl (C=S) groups is 1. The topological polar surface area (TPSA) is 72.5 Å². The molecule has 0 spiro atoms. The first-order valence-electron chi connectivity index (χ1n) is 9.96. The number of benzene rings is 3. The van der Waals surface area contributed by atoms with Crippen LogP contribution in [0.15, 0.2) is 60.7 Å². The van der Waals surface area contributed by atoms with Gasteiger partial charge in [0.15, 0.2) is 11.7 Å². The molecule has 0 radical (unpaired) electrons. The molecule has 1 heterocycles. The number of hydrogen-bond acceptors (Lipinski definition) is 6. The highest BCUT2D eigenvalue weighted by atomic mass is 35.5. The SMILES string of the molecule is COc1ccc(-c2nc3ccccc3s2)cc1NC(=S)NC(=O)COc1ccc(Cl)cc1C. The molecule has 0 saturated carbocycles. The molecule has 2 N–H and O–H groups in total. The van der Waals surface area contributed by atoms with Gasteiger partial charge in [-0.15, -0.1) is 11.3 Å². The normalized spacial score (nSPS) is 10.6. The van der Waals surface area contributed by atoms with Gasteiger partial charge in [-0.1, -0.05) is 23.7 Å². The highest BCUT2D eigenvalue weighted by Crippen LogP contribution is 2.34. The molecule has 3 aromatic carbocycles. The molecule has 0 aliphatic rings. The van der Waals surface area contributed by atoms with E-state index in [9.17, 15) is 4.79 Å². The molecule has 0 bridgehead atoms. The lowest BCUT2D eigenvalue weighted by Gasteiger charge is -2.14. The molecule has 33 heavy (non-hydrogen) atoms. The van der Waals surface area contributed by atoms with Gasteiger partial charge in [0.05, 0.1) is 23.0 Å². The number of hydrogen-bond donors (Lipinski definition) is 2. The molecule has 168 valence electrons. The number of fused-ring (bicyclic) bond motifs is 1. The Kier molecular flexibility index (Phi) is 7.08. The highest BCUT2D eigenvalue weighted by molar-refractivity contribution is 7.80. The molecule has 6 nitrogen and oxygen atoms in total. The third-order valence-electron chi connectivity index (χ3n) is 4.74. The van der Waals surface area contributed by atoms with Crippen molar-refractivity contribution in [2.75, 3.05) is 19.0 Å². The van der Waals surface area contributed by atoms with Gasteiger partial charge in [-0.3, -0.25) is 10.1 Å². The maximum Gasteiger partial charge on any atom is 0.264 e. The minimum Gasteiger partial charge on any atom is -0.495 e. The number of ether oxygens (including phenoxy) is 2. The quantitative estimate of drug-likeness (QED) is 0.327. The minimum atomic E-state index is -0.386. The summed E-state index contributed by atoms with van der Waals surface area (Å²) in [6.07, 6.45) is 0. The molecule has 0 saturated heterocycles. The standard InChI is InChI=1S/C24H20ClN3O3S2/c1-14-11-16(25)8-10-19(14)31-13-22(29)28-24(32)27-18-12-15(7-9-20(18)30-2)23-26-17-5-3-4-6-21(17)33-23/h3-12H,13H2,1-2H3,(H2,27,28,29,32). The van der Waals surface area contributed by atoms with Crippen LogP contribution in [0.2, 0.25) is 5.02 Å². The van der Waals surface area contributed by atoms with Gasteiger partial charge in [0.25, 0.3) is 5.91 Å². The first-order valence-corrected chi connectivity index (χ1v) is 11.6. The maximum atomic E-state index is 12.3. The van der Waals surface area contributed by atoms with Gasteiger partial charge >= 0.3 is 0 Å². The van der Waals surface area contributed by atoms with E-state index in [1.807, 2.05) is 49.4 Å². The van der Waals surface area contributed by atoms with Crippen LogP contribution in [0, 0.1) is 6.92 Å². The van der Waals surface area contributed by atoms with E-state index in [1.54, 1.807) is 36.6 Å². The van der Waals surface area contributed by atoms with Crippen molar-refractivity contribution >= 4 is 62.1 Å². The second-order valence-corrected chi connectivity index (χ2v) is 8.98. The van der Waals surface area contributed by atoms with Gasteiger partial charge in [-0.2, -0.15) is 0 Å². The summed E-state index contributed by atoms with van der Waals surface area (Å²) in [4.78, 5) is 17.0. The smallest absolute Gasteiger partial charge is 0.264 e. The molecular formula is C24H20ClN3O3S2. The van der Waals surface area contributed by atoms with Crippen LogP contribution in [0.5, 0.6) is 11.5 Å². The predicted molar refractivity (Wildman–Crippen MR) is 138 cm³/mol. The number of nitrogens with one attached hydrogen (secondary N) is 2. The van der Waals surface area contributed by atoms with E-state index in [1.165, 1.54) is 0 Å². The molecule has 4 aromatic rings. The van der Waals surface area contributed by atoms with Gasteiger partial charge in [0.2, 0.25) is 0 Å². The number of nitrogens with zero attached hydrogens (tertiary/aromatic N) is 1. The number of anilines is 1. The average Bonchev–Trinajstić information content (AvgIpc) is 3.23. The molecule has 1 aromatic heterocycles. The molecule has 0 unspecified atom stereocenters. The lowest BCUT2D eigenvalue weighted by molar-refractivity contribution is -0.121. The van der Waals surface area contributed by atoms with Crippen LogP contribution in [0.4, 0.5) is 5.69 Å². The number of rotatable bonds is 6. The van der Waals surface area contributed by atoms with Gasteiger partial charge in [-0.05, 0) is 73.2 Å². The van der Waals surface area contributed by atoms with Crippen LogP contribution < -0.4 is 20.1 Å². The molecule has 0 aliphatic heterocycles. The Morgan fingerprint density at radius 1 is 1.12 bits per heavy atom. The Labute approximate surface area is 205 Å². The number of para-hydroxylation sites is 1. The fraction of sp³-hybridized carbons (Fsp3) is 0.125. The van der Waals surface area contributed by atoms with Crippen LogP contribution in [0.3, 0.4) is 0 Å². The van der Waals surface area contributed by atoms with Crippen molar-refractivity contribution in [3.63, 3.8) is 0 Å². The summed E-state index contributed by atoms with van der Waals surface area (Å²) in [5.74, 6) is 0.784. The summed E-state index contributed by atoms with van der Waals surface area (Å²) >= 11 is 12.9. The molecule has 9 heteroatoms. The number of aryl methyl sites for hydroxylation is 1. The molecule has 0 aliphatic carbocycles. The van der Waals surface area contributed by atoms with E-state index in [4.69, 9.17) is 38.3 Å². The number of carbonyl (C=O) groups excluding carboxylic acids is 1. The minimum absolute atomic E-state index is 0.135. The van der Waals surface area contributed by atoms with Crippen molar-refractivity contribution < 1.29 is 14.3 Å². The maximum absolute atomic E-state index is 12.3. The van der Waals surface area contributed by atoms with Crippen LogP contribution in [-0.4, -0.2) is 29.7 Å². The van der Waals surface area contributed by atoms with Crippen LogP contribution in [0.1, 0.15) is 5.56 Å². The summed E-state index contributed by atoms with van der Waals surface area (Å²) in [6, 6.07) is 18.8. The van der Waals surface area contributed by atoms with Crippen LogP contribution in [-0.2, 0) is 4.79 Å². The van der Waals surface area contributed by atoms with Gasteiger partial charge in [0.1, 0.15) is 16.5 Å². The van der Waals surface area contributed by atoms with Crippen molar-refractivity contribution in [3.05, 3.63) is 71.2 Å². The van der Waals surface area contributed by atoms with Crippen molar-refractivity contribution in [2.24, 2.45) is 0 Å². The van der Waals surface area contributed by atoms with Crippen molar-refractivity contribution in [3.8, 4) is 22.1 Å². The summed E-state index contributed by atoms with van der Waals surface area (Å²) in [5, 5.41) is 7.28. The summed E-state index contributed by atoms with van der Waals surface area (Å²) < 4.78 is 12.1. The third kappa shape index (κ3) is 5.60. The highest BCUT2D eigenvalue weighted by Gasteiger charge is 2.13. The molecule has 0 fully saturated rings. The fourth-order valence-electron chi connectivity index (χ4n) is 3.17. The zero-order valence-corrected chi connectivity index (χ0v) is 20.2. The van der Waals surface area contributed by atoms with Crippen LogP contribution >= 0.6 is 35.2 Å².